The molecule has 3 nitrogen and oxygen atoms in total. The van der Waals surface area contributed by atoms with Gasteiger partial charge in [0.2, 0.25) is 0 Å². The Kier molecular flexibility index (Phi) is 5.43. The Bertz CT molecular complexity index is 108. The molecule has 0 aliphatic carbocycles. The van der Waals surface area contributed by atoms with Gasteiger partial charge in [-0.2, -0.15) is 0 Å². The van der Waals surface area contributed by atoms with E-state index in [0.717, 1.165) is 5.88 Å². The minimum Gasteiger partial charge on any atom is -0.481 e. The Morgan fingerprint density at radius 2 is 2.30 bits per heavy atom. The molecular formula is C6H13NO2S. The first-order valence-corrected chi connectivity index (χ1v) is 4.45. The molecule has 60 valence electrons. The van der Waals surface area contributed by atoms with Crippen molar-refractivity contribution >= 4 is 17.7 Å². The largest absolute Gasteiger partial charge is 0.481 e. The molecule has 0 bridgehead atoms. The predicted molar refractivity (Wildman–Crippen MR) is 43.3 cm³/mol. The summed E-state index contributed by atoms with van der Waals surface area (Å²) >= 11 is 1.69. The van der Waals surface area contributed by atoms with Gasteiger partial charge in [-0.1, -0.05) is 0 Å². The van der Waals surface area contributed by atoms with E-state index in [9.17, 15) is 4.79 Å². The van der Waals surface area contributed by atoms with Gasteiger partial charge < -0.3 is 5.11 Å². The van der Waals surface area contributed by atoms with Crippen LogP contribution in [-0.2, 0) is 4.79 Å². The van der Waals surface area contributed by atoms with Crippen LogP contribution in [0.15, 0.2) is 0 Å². The topological polar surface area (TPSA) is 40.5 Å². The first-order valence-electron chi connectivity index (χ1n) is 3.06. The molecule has 0 radical (unpaired) electrons. The number of carboxylic acids is 1. The number of carbonyl (C=O) groups is 1. The summed E-state index contributed by atoms with van der Waals surface area (Å²) in [5, 5.41) is 8.30. The van der Waals surface area contributed by atoms with Crippen molar-refractivity contribution in [2.45, 2.75) is 6.42 Å². The molecule has 0 saturated carbocycles. The van der Waals surface area contributed by atoms with E-state index in [1.807, 2.05) is 18.2 Å². The van der Waals surface area contributed by atoms with Crippen molar-refractivity contribution in [1.82, 2.24) is 4.90 Å². The first kappa shape index (κ1) is 9.78. The highest BCUT2D eigenvalue weighted by Gasteiger charge is 1.99. The van der Waals surface area contributed by atoms with Crippen molar-refractivity contribution in [3.63, 3.8) is 0 Å². The second-order valence-corrected chi connectivity index (χ2v) is 2.98. The SMILES string of the molecule is CSCN(C)CCC(=O)O. The van der Waals surface area contributed by atoms with Crippen LogP contribution in [0.1, 0.15) is 6.42 Å². The summed E-state index contributed by atoms with van der Waals surface area (Å²) in [6.07, 6.45) is 2.23. The lowest BCUT2D eigenvalue weighted by Crippen LogP contribution is -2.20. The van der Waals surface area contributed by atoms with Crippen molar-refractivity contribution in [1.29, 1.82) is 0 Å². The lowest BCUT2D eigenvalue weighted by molar-refractivity contribution is -0.137. The highest BCUT2D eigenvalue weighted by molar-refractivity contribution is 7.98. The summed E-state index contributed by atoms with van der Waals surface area (Å²) in [4.78, 5) is 12.1. The molecule has 0 unspecified atom stereocenters. The molecule has 0 atom stereocenters. The zero-order valence-electron chi connectivity index (χ0n) is 6.33. The molecule has 0 aliphatic heterocycles. The maximum atomic E-state index is 10.1. The molecule has 4 heteroatoms. The van der Waals surface area contributed by atoms with E-state index in [0.29, 0.717) is 6.54 Å². The molecule has 0 aromatic rings. The molecule has 0 spiro atoms. The van der Waals surface area contributed by atoms with E-state index in [4.69, 9.17) is 5.11 Å². The van der Waals surface area contributed by atoms with Crippen molar-refractivity contribution in [3.05, 3.63) is 0 Å². The quantitative estimate of drug-likeness (QED) is 0.606. The van der Waals surface area contributed by atoms with E-state index in [2.05, 4.69) is 0 Å². The monoisotopic (exact) mass is 163 g/mol. The lowest BCUT2D eigenvalue weighted by atomic mass is 10.4. The summed E-state index contributed by atoms with van der Waals surface area (Å²) in [6.45, 7) is 0.635. The van der Waals surface area contributed by atoms with Crippen LogP contribution in [-0.4, -0.2) is 41.7 Å². The zero-order valence-corrected chi connectivity index (χ0v) is 7.15. The van der Waals surface area contributed by atoms with Crippen LogP contribution in [0.3, 0.4) is 0 Å². The number of hydrogen-bond acceptors (Lipinski definition) is 3. The van der Waals surface area contributed by atoms with Crippen LogP contribution in [0, 0.1) is 0 Å². The Hall–Kier alpha value is -0.220. The maximum absolute atomic E-state index is 10.1. The molecule has 0 aromatic heterocycles. The smallest absolute Gasteiger partial charge is 0.304 e. The van der Waals surface area contributed by atoms with Crippen LogP contribution >= 0.6 is 11.8 Å². The van der Waals surface area contributed by atoms with E-state index < -0.39 is 5.97 Å². The van der Waals surface area contributed by atoms with Crippen LogP contribution in [0.4, 0.5) is 0 Å². The van der Waals surface area contributed by atoms with Crippen molar-refractivity contribution < 1.29 is 9.90 Å². The molecule has 0 aliphatic rings. The van der Waals surface area contributed by atoms with Crippen LogP contribution in [0.25, 0.3) is 0 Å². The Labute approximate surface area is 65.4 Å². The van der Waals surface area contributed by atoms with Gasteiger partial charge in [-0.05, 0) is 13.3 Å². The molecule has 0 amide bonds. The highest BCUT2D eigenvalue weighted by atomic mass is 32.2. The Morgan fingerprint density at radius 1 is 1.70 bits per heavy atom. The Balaban J connectivity index is 3.21. The summed E-state index contributed by atoms with van der Waals surface area (Å²) in [5.74, 6) is 0.167. The Morgan fingerprint density at radius 3 is 2.70 bits per heavy atom. The standard InChI is InChI=1S/C6H13NO2S/c1-7(5-10-2)4-3-6(8)9/h3-5H2,1-2H3,(H,8,9). The van der Waals surface area contributed by atoms with E-state index >= 15 is 0 Å². The van der Waals surface area contributed by atoms with Crippen molar-refractivity contribution in [2.75, 3.05) is 25.7 Å². The fourth-order valence-corrected chi connectivity index (χ4v) is 1.14. The van der Waals surface area contributed by atoms with Crippen LogP contribution in [0.5, 0.6) is 0 Å². The third-order valence-corrected chi connectivity index (χ3v) is 1.76. The van der Waals surface area contributed by atoms with E-state index in [1.54, 1.807) is 11.8 Å². The molecule has 1 N–H and O–H groups in total. The zero-order chi connectivity index (χ0) is 7.98. The average molecular weight is 163 g/mol. The van der Waals surface area contributed by atoms with Gasteiger partial charge in [-0.15, -0.1) is 11.8 Å². The van der Waals surface area contributed by atoms with Gasteiger partial charge in [0.1, 0.15) is 0 Å². The normalized spacial score (nSPS) is 10.3. The third-order valence-electron chi connectivity index (χ3n) is 1.06. The number of nitrogens with zero attached hydrogens (tertiary/aromatic N) is 1. The molecule has 0 fully saturated rings. The maximum Gasteiger partial charge on any atom is 0.304 e. The average Bonchev–Trinajstić information content (AvgIpc) is 1.85. The van der Waals surface area contributed by atoms with Crippen LogP contribution in [0.2, 0.25) is 0 Å². The molecule has 0 aromatic carbocycles. The molecule has 0 saturated heterocycles. The summed E-state index contributed by atoms with van der Waals surface area (Å²) in [6, 6.07) is 0. The lowest BCUT2D eigenvalue weighted by Gasteiger charge is -2.12. The molecule has 0 heterocycles. The van der Waals surface area contributed by atoms with Gasteiger partial charge in [0.05, 0.1) is 6.42 Å². The second kappa shape index (κ2) is 5.56. The highest BCUT2D eigenvalue weighted by Crippen LogP contribution is 1.96. The van der Waals surface area contributed by atoms with Gasteiger partial charge in [0, 0.05) is 12.4 Å². The third kappa shape index (κ3) is 5.91. The minimum atomic E-state index is -0.729. The van der Waals surface area contributed by atoms with Crippen LogP contribution < -0.4 is 0 Å². The number of aliphatic carboxylic acids is 1. The van der Waals surface area contributed by atoms with Gasteiger partial charge in [0.15, 0.2) is 0 Å². The van der Waals surface area contributed by atoms with E-state index in [-0.39, 0.29) is 6.42 Å². The summed E-state index contributed by atoms with van der Waals surface area (Å²) in [7, 11) is 1.92. The van der Waals surface area contributed by atoms with Gasteiger partial charge in [0.25, 0.3) is 0 Å². The minimum absolute atomic E-state index is 0.233. The number of thioether (sulfide) groups is 1. The molecule has 0 rings (SSSR count). The predicted octanol–water partition coefficient (Wildman–Crippen LogP) is 0.713. The number of hydrogen-bond donors (Lipinski definition) is 1. The number of rotatable bonds is 5. The number of carboxylic acid groups (broad SMARTS) is 1. The van der Waals surface area contributed by atoms with Gasteiger partial charge in [-0.25, -0.2) is 0 Å². The molecular weight excluding hydrogens is 150 g/mol. The fraction of sp³-hybridized carbons (Fsp3) is 0.833. The molecule has 10 heavy (non-hydrogen) atoms. The van der Waals surface area contributed by atoms with Crippen molar-refractivity contribution in [2.24, 2.45) is 0 Å². The van der Waals surface area contributed by atoms with Gasteiger partial charge >= 0.3 is 5.97 Å². The first-order chi connectivity index (χ1) is 4.66. The summed E-state index contributed by atoms with van der Waals surface area (Å²) in [5.41, 5.74) is 0. The van der Waals surface area contributed by atoms with Crippen molar-refractivity contribution in [3.8, 4) is 0 Å². The summed E-state index contributed by atoms with van der Waals surface area (Å²) < 4.78 is 0. The van der Waals surface area contributed by atoms with Gasteiger partial charge in [-0.3, -0.25) is 9.69 Å². The van der Waals surface area contributed by atoms with E-state index in [1.165, 1.54) is 0 Å². The fourth-order valence-electron chi connectivity index (χ4n) is 0.571. The second-order valence-electron chi connectivity index (χ2n) is 2.14.